The maximum atomic E-state index is 11.7. The second-order valence-corrected chi connectivity index (χ2v) is 3.82. The Balaban J connectivity index is 2.67. The minimum Gasteiger partial charge on any atom is -0.352 e. The molecule has 0 aliphatic rings. The summed E-state index contributed by atoms with van der Waals surface area (Å²) >= 11 is 0. The first-order chi connectivity index (χ1) is 8.56. The predicted molar refractivity (Wildman–Crippen MR) is 68.2 cm³/mol. The molecule has 1 aromatic rings. The van der Waals surface area contributed by atoms with E-state index in [9.17, 15) is 14.9 Å². The van der Waals surface area contributed by atoms with Gasteiger partial charge in [0.2, 0.25) is 0 Å². The van der Waals surface area contributed by atoms with Crippen LogP contribution in [-0.2, 0) is 0 Å². The molecule has 0 aliphatic heterocycles. The molecule has 0 fully saturated rings. The number of hydrogen-bond acceptors (Lipinski definition) is 3. The number of terminal acetylenes is 1. The molecule has 5 heteroatoms. The molecule has 0 aromatic heterocycles. The number of carbonyl (C=O) groups is 1. The van der Waals surface area contributed by atoms with Crippen LogP contribution in [0.15, 0.2) is 18.2 Å². The van der Waals surface area contributed by atoms with Gasteiger partial charge in [-0.2, -0.15) is 0 Å². The van der Waals surface area contributed by atoms with Crippen molar-refractivity contribution >= 4 is 11.6 Å². The van der Waals surface area contributed by atoms with Crippen LogP contribution in [0.3, 0.4) is 0 Å². The normalized spacial score (nSPS) is 9.56. The van der Waals surface area contributed by atoms with E-state index in [1.54, 1.807) is 6.92 Å². The van der Waals surface area contributed by atoms with Crippen molar-refractivity contribution in [1.82, 2.24) is 5.32 Å². The van der Waals surface area contributed by atoms with Gasteiger partial charge in [0.25, 0.3) is 11.6 Å². The zero-order valence-corrected chi connectivity index (χ0v) is 10.1. The Hall–Kier alpha value is -2.35. The first-order valence-corrected chi connectivity index (χ1v) is 5.53. The van der Waals surface area contributed by atoms with E-state index >= 15 is 0 Å². The summed E-state index contributed by atoms with van der Waals surface area (Å²) in [6, 6.07) is 4.29. The molecule has 1 aromatic carbocycles. The van der Waals surface area contributed by atoms with Crippen LogP contribution in [-0.4, -0.2) is 17.4 Å². The van der Waals surface area contributed by atoms with E-state index in [0.717, 1.165) is 0 Å². The van der Waals surface area contributed by atoms with Gasteiger partial charge in [-0.15, -0.1) is 12.3 Å². The van der Waals surface area contributed by atoms with E-state index < -0.39 is 4.92 Å². The lowest BCUT2D eigenvalue weighted by Gasteiger charge is -2.05. The van der Waals surface area contributed by atoms with Gasteiger partial charge in [-0.1, -0.05) is 0 Å². The summed E-state index contributed by atoms with van der Waals surface area (Å²) in [7, 11) is 0. The van der Waals surface area contributed by atoms with E-state index in [1.807, 2.05) is 0 Å². The highest BCUT2D eigenvalue weighted by Crippen LogP contribution is 2.18. The Bertz CT molecular complexity index is 503. The number of benzene rings is 1. The number of nitrogens with one attached hydrogen (secondary N) is 1. The lowest BCUT2D eigenvalue weighted by atomic mass is 10.1. The van der Waals surface area contributed by atoms with Gasteiger partial charge in [0.1, 0.15) is 0 Å². The third-order valence-electron chi connectivity index (χ3n) is 2.44. The third-order valence-corrected chi connectivity index (χ3v) is 2.44. The maximum absolute atomic E-state index is 11.7. The fourth-order valence-corrected chi connectivity index (χ4v) is 1.50. The van der Waals surface area contributed by atoms with Gasteiger partial charge in [0.15, 0.2) is 0 Å². The van der Waals surface area contributed by atoms with Crippen LogP contribution in [0.4, 0.5) is 5.69 Å². The first kappa shape index (κ1) is 13.7. The van der Waals surface area contributed by atoms with Crippen LogP contribution in [0.2, 0.25) is 0 Å². The smallest absolute Gasteiger partial charge is 0.272 e. The number of unbranched alkanes of at least 4 members (excludes halogenated alkanes) is 1. The number of amides is 1. The molecule has 0 spiro atoms. The monoisotopic (exact) mass is 246 g/mol. The molecule has 94 valence electrons. The fraction of sp³-hybridized carbons (Fsp3) is 0.308. The molecule has 18 heavy (non-hydrogen) atoms. The van der Waals surface area contributed by atoms with Gasteiger partial charge in [0, 0.05) is 30.2 Å². The summed E-state index contributed by atoms with van der Waals surface area (Å²) in [5.74, 6) is 2.24. The average Bonchev–Trinajstić information content (AvgIpc) is 2.33. The summed E-state index contributed by atoms with van der Waals surface area (Å²) in [6.07, 6.45) is 6.42. The van der Waals surface area contributed by atoms with Crippen molar-refractivity contribution < 1.29 is 9.72 Å². The number of carbonyl (C=O) groups excluding carboxylic acids is 1. The van der Waals surface area contributed by atoms with Crippen molar-refractivity contribution in [3.8, 4) is 12.3 Å². The molecule has 0 unspecified atom stereocenters. The molecule has 1 rings (SSSR count). The SMILES string of the molecule is C#CCCCNC(=O)c1ccc([N+](=O)[O-])c(C)c1. The average molecular weight is 246 g/mol. The number of rotatable bonds is 5. The maximum Gasteiger partial charge on any atom is 0.272 e. The molecule has 0 saturated heterocycles. The van der Waals surface area contributed by atoms with Crippen molar-refractivity contribution in [2.75, 3.05) is 6.54 Å². The number of hydrogen-bond donors (Lipinski definition) is 1. The quantitative estimate of drug-likeness (QED) is 0.374. The Morgan fingerprint density at radius 3 is 2.83 bits per heavy atom. The zero-order chi connectivity index (χ0) is 13.5. The zero-order valence-electron chi connectivity index (χ0n) is 10.1. The first-order valence-electron chi connectivity index (χ1n) is 5.53. The molecule has 0 heterocycles. The highest BCUT2D eigenvalue weighted by molar-refractivity contribution is 5.94. The Morgan fingerprint density at radius 1 is 1.56 bits per heavy atom. The van der Waals surface area contributed by atoms with Gasteiger partial charge >= 0.3 is 0 Å². The summed E-state index contributed by atoms with van der Waals surface area (Å²) in [4.78, 5) is 21.9. The molecule has 0 atom stereocenters. The standard InChI is InChI=1S/C13H14N2O3/c1-3-4-5-8-14-13(16)11-6-7-12(15(17)18)10(2)9-11/h1,6-7,9H,4-5,8H2,2H3,(H,14,16). The highest BCUT2D eigenvalue weighted by atomic mass is 16.6. The van der Waals surface area contributed by atoms with E-state index in [0.29, 0.717) is 30.5 Å². The topological polar surface area (TPSA) is 72.2 Å². The van der Waals surface area contributed by atoms with Crippen molar-refractivity contribution in [1.29, 1.82) is 0 Å². The van der Waals surface area contributed by atoms with Gasteiger partial charge in [-0.05, 0) is 25.5 Å². The van der Waals surface area contributed by atoms with Crippen LogP contribution in [0.1, 0.15) is 28.8 Å². The van der Waals surface area contributed by atoms with Crippen molar-refractivity contribution in [3.63, 3.8) is 0 Å². The molecular formula is C13H14N2O3. The highest BCUT2D eigenvalue weighted by Gasteiger charge is 2.13. The molecule has 5 nitrogen and oxygen atoms in total. The fourth-order valence-electron chi connectivity index (χ4n) is 1.50. The van der Waals surface area contributed by atoms with Crippen LogP contribution >= 0.6 is 0 Å². The minimum absolute atomic E-state index is 0.0129. The van der Waals surface area contributed by atoms with Crippen molar-refractivity contribution in [2.24, 2.45) is 0 Å². The number of nitrogens with zero attached hydrogens (tertiary/aromatic N) is 1. The molecule has 0 aliphatic carbocycles. The van der Waals surface area contributed by atoms with Gasteiger partial charge < -0.3 is 5.32 Å². The van der Waals surface area contributed by atoms with E-state index in [4.69, 9.17) is 6.42 Å². The molecular weight excluding hydrogens is 232 g/mol. The van der Waals surface area contributed by atoms with Gasteiger partial charge in [-0.3, -0.25) is 14.9 Å². The molecule has 0 saturated carbocycles. The summed E-state index contributed by atoms with van der Waals surface area (Å²) in [5.41, 5.74) is 0.897. The van der Waals surface area contributed by atoms with E-state index in [1.165, 1.54) is 18.2 Å². The van der Waals surface area contributed by atoms with Crippen LogP contribution in [0.5, 0.6) is 0 Å². The molecule has 0 bridgehead atoms. The summed E-state index contributed by atoms with van der Waals surface area (Å²) in [6.45, 7) is 2.10. The second-order valence-electron chi connectivity index (χ2n) is 3.82. The van der Waals surface area contributed by atoms with Gasteiger partial charge in [0.05, 0.1) is 4.92 Å². The minimum atomic E-state index is -0.468. The largest absolute Gasteiger partial charge is 0.352 e. The predicted octanol–water partition coefficient (Wildman–Crippen LogP) is 2.05. The Labute approximate surface area is 105 Å². The number of nitro groups is 1. The van der Waals surface area contributed by atoms with Crippen LogP contribution < -0.4 is 5.32 Å². The van der Waals surface area contributed by atoms with Crippen LogP contribution in [0.25, 0.3) is 0 Å². The van der Waals surface area contributed by atoms with Gasteiger partial charge in [-0.25, -0.2) is 0 Å². The Kier molecular flexibility index (Phi) is 4.88. The summed E-state index contributed by atoms with van der Waals surface area (Å²) in [5, 5.41) is 13.3. The van der Waals surface area contributed by atoms with Crippen molar-refractivity contribution in [2.45, 2.75) is 19.8 Å². The molecule has 1 amide bonds. The Morgan fingerprint density at radius 2 is 2.28 bits per heavy atom. The number of nitro benzene ring substituents is 1. The van der Waals surface area contributed by atoms with Crippen LogP contribution in [0, 0.1) is 29.4 Å². The lowest BCUT2D eigenvalue weighted by Crippen LogP contribution is -2.24. The summed E-state index contributed by atoms with van der Waals surface area (Å²) < 4.78 is 0. The molecule has 0 radical (unpaired) electrons. The van der Waals surface area contributed by atoms with E-state index in [-0.39, 0.29) is 11.6 Å². The third kappa shape index (κ3) is 3.59. The van der Waals surface area contributed by atoms with E-state index in [2.05, 4.69) is 11.2 Å². The lowest BCUT2D eigenvalue weighted by molar-refractivity contribution is -0.385. The second kappa shape index (κ2) is 6.40. The molecule has 1 N–H and O–H groups in total. The number of aryl methyl sites for hydroxylation is 1. The van der Waals surface area contributed by atoms with Crippen molar-refractivity contribution in [3.05, 3.63) is 39.4 Å².